The van der Waals surface area contributed by atoms with E-state index in [2.05, 4.69) is 5.32 Å². The molecular weight excluding hydrogens is 190 g/mol. The fourth-order valence-electron chi connectivity index (χ4n) is 2.30. The molecule has 1 aromatic carbocycles. The molecule has 0 amide bonds. The smallest absolute Gasteiger partial charge is 0.321 e. The first kappa shape index (κ1) is 10.2. The Morgan fingerprint density at radius 3 is 2.87 bits per heavy atom. The molecular formula is C12H15NO2. The van der Waals surface area contributed by atoms with Crippen LogP contribution in [0, 0.1) is 6.92 Å². The van der Waals surface area contributed by atoms with Gasteiger partial charge in [-0.1, -0.05) is 24.3 Å². The summed E-state index contributed by atoms with van der Waals surface area (Å²) in [5, 5.41) is 12.1. The summed E-state index contributed by atoms with van der Waals surface area (Å²) < 4.78 is 0. The average Bonchev–Trinajstić information content (AvgIpc) is 2.67. The van der Waals surface area contributed by atoms with E-state index in [1.165, 1.54) is 5.56 Å². The molecule has 1 aliphatic rings. The summed E-state index contributed by atoms with van der Waals surface area (Å²) in [6.07, 6.45) is 0.905. The minimum atomic E-state index is -0.749. The van der Waals surface area contributed by atoms with Gasteiger partial charge in [0.25, 0.3) is 0 Å². The molecule has 0 aliphatic carbocycles. The Morgan fingerprint density at radius 1 is 1.47 bits per heavy atom. The fourth-order valence-corrected chi connectivity index (χ4v) is 2.30. The molecule has 0 bridgehead atoms. The highest BCUT2D eigenvalue weighted by Crippen LogP contribution is 2.29. The third-order valence-corrected chi connectivity index (χ3v) is 3.08. The van der Waals surface area contributed by atoms with Crippen LogP contribution in [0.5, 0.6) is 0 Å². The summed E-state index contributed by atoms with van der Waals surface area (Å²) >= 11 is 0. The Morgan fingerprint density at radius 2 is 2.20 bits per heavy atom. The van der Waals surface area contributed by atoms with Crippen molar-refractivity contribution in [3.05, 3.63) is 35.4 Å². The van der Waals surface area contributed by atoms with E-state index in [0.29, 0.717) is 0 Å². The number of carbonyl (C=O) groups is 1. The van der Waals surface area contributed by atoms with Gasteiger partial charge in [-0.05, 0) is 31.0 Å². The van der Waals surface area contributed by atoms with Gasteiger partial charge in [0, 0.05) is 5.92 Å². The highest BCUT2D eigenvalue weighted by molar-refractivity contribution is 5.75. The van der Waals surface area contributed by atoms with Crippen molar-refractivity contribution >= 4 is 5.97 Å². The SMILES string of the molecule is Cc1ccccc1[C@H]1CCN[C@@H]1C(=O)O. The molecule has 80 valence electrons. The maximum absolute atomic E-state index is 11.0. The van der Waals surface area contributed by atoms with Gasteiger partial charge in [-0.3, -0.25) is 4.79 Å². The Labute approximate surface area is 89.1 Å². The molecule has 2 atom stereocenters. The molecule has 0 radical (unpaired) electrons. The Bertz CT molecular complexity index is 376. The number of nitrogens with one attached hydrogen (secondary N) is 1. The highest BCUT2D eigenvalue weighted by Gasteiger charge is 2.34. The second kappa shape index (κ2) is 4.03. The summed E-state index contributed by atoms with van der Waals surface area (Å²) in [6, 6.07) is 7.59. The molecule has 3 heteroatoms. The molecule has 0 saturated carbocycles. The van der Waals surface area contributed by atoms with E-state index < -0.39 is 12.0 Å². The van der Waals surface area contributed by atoms with Crippen molar-refractivity contribution in [1.29, 1.82) is 0 Å². The van der Waals surface area contributed by atoms with Crippen molar-refractivity contribution in [1.82, 2.24) is 5.32 Å². The molecule has 1 aromatic rings. The number of hydrogen-bond acceptors (Lipinski definition) is 2. The lowest BCUT2D eigenvalue weighted by atomic mass is 9.89. The molecule has 1 fully saturated rings. The summed E-state index contributed by atoms with van der Waals surface area (Å²) in [6.45, 7) is 2.82. The average molecular weight is 205 g/mol. The lowest BCUT2D eigenvalue weighted by Gasteiger charge is -2.17. The van der Waals surface area contributed by atoms with Gasteiger partial charge in [-0.25, -0.2) is 0 Å². The van der Waals surface area contributed by atoms with Gasteiger partial charge < -0.3 is 10.4 Å². The lowest BCUT2D eigenvalue weighted by Crippen LogP contribution is -2.34. The van der Waals surface area contributed by atoms with Gasteiger partial charge >= 0.3 is 5.97 Å². The number of rotatable bonds is 2. The molecule has 1 saturated heterocycles. The predicted molar refractivity (Wildman–Crippen MR) is 58.0 cm³/mol. The van der Waals surface area contributed by atoms with Crippen LogP contribution in [-0.4, -0.2) is 23.7 Å². The minimum Gasteiger partial charge on any atom is -0.480 e. The molecule has 0 aromatic heterocycles. The summed E-state index contributed by atoms with van der Waals surface area (Å²) in [5.74, 6) is -0.635. The standard InChI is InChI=1S/C12H15NO2/c1-8-4-2-3-5-9(8)10-6-7-13-11(10)12(14)15/h2-5,10-11,13H,6-7H2,1H3,(H,14,15)/t10-,11+/m1/s1. The maximum atomic E-state index is 11.0. The maximum Gasteiger partial charge on any atom is 0.321 e. The zero-order chi connectivity index (χ0) is 10.8. The van der Waals surface area contributed by atoms with E-state index in [1.54, 1.807) is 0 Å². The number of aliphatic carboxylic acids is 1. The molecule has 2 N–H and O–H groups in total. The summed E-state index contributed by atoms with van der Waals surface area (Å²) in [7, 11) is 0. The number of carboxylic acid groups (broad SMARTS) is 1. The van der Waals surface area contributed by atoms with E-state index in [9.17, 15) is 4.79 Å². The van der Waals surface area contributed by atoms with Gasteiger partial charge in [-0.15, -0.1) is 0 Å². The Balaban J connectivity index is 2.30. The largest absolute Gasteiger partial charge is 0.480 e. The molecule has 2 rings (SSSR count). The van der Waals surface area contributed by atoms with Gasteiger partial charge in [0.15, 0.2) is 0 Å². The quantitative estimate of drug-likeness (QED) is 0.769. The zero-order valence-corrected chi connectivity index (χ0v) is 8.73. The first-order valence-electron chi connectivity index (χ1n) is 5.22. The highest BCUT2D eigenvalue weighted by atomic mass is 16.4. The van der Waals surface area contributed by atoms with Gasteiger partial charge in [0.1, 0.15) is 6.04 Å². The van der Waals surface area contributed by atoms with Crippen molar-refractivity contribution < 1.29 is 9.90 Å². The number of aryl methyl sites for hydroxylation is 1. The van der Waals surface area contributed by atoms with Crippen molar-refractivity contribution in [2.45, 2.75) is 25.3 Å². The van der Waals surface area contributed by atoms with Crippen molar-refractivity contribution in [3.63, 3.8) is 0 Å². The fraction of sp³-hybridized carbons (Fsp3) is 0.417. The van der Waals surface area contributed by atoms with Gasteiger partial charge in [0.2, 0.25) is 0 Å². The Kier molecular flexibility index (Phi) is 2.73. The third kappa shape index (κ3) is 1.88. The van der Waals surface area contributed by atoms with Crippen LogP contribution in [0.25, 0.3) is 0 Å². The van der Waals surface area contributed by atoms with Crippen molar-refractivity contribution in [2.24, 2.45) is 0 Å². The Hall–Kier alpha value is -1.35. The van der Waals surface area contributed by atoms with Crippen molar-refractivity contribution in [3.8, 4) is 0 Å². The van der Waals surface area contributed by atoms with E-state index in [0.717, 1.165) is 18.5 Å². The molecule has 1 aliphatic heterocycles. The lowest BCUT2D eigenvalue weighted by molar-refractivity contribution is -0.139. The van der Waals surface area contributed by atoms with Crippen LogP contribution >= 0.6 is 0 Å². The van der Waals surface area contributed by atoms with Crippen molar-refractivity contribution in [2.75, 3.05) is 6.54 Å². The normalized spacial score (nSPS) is 25.4. The zero-order valence-electron chi connectivity index (χ0n) is 8.73. The van der Waals surface area contributed by atoms with Crippen LogP contribution < -0.4 is 5.32 Å². The van der Waals surface area contributed by atoms with Crippen LogP contribution in [0.1, 0.15) is 23.5 Å². The topological polar surface area (TPSA) is 49.3 Å². The third-order valence-electron chi connectivity index (χ3n) is 3.08. The molecule has 3 nitrogen and oxygen atoms in total. The van der Waals surface area contributed by atoms with E-state index in [1.807, 2.05) is 31.2 Å². The molecule has 0 unspecified atom stereocenters. The number of hydrogen-bond donors (Lipinski definition) is 2. The van der Waals surface area contributed by atoms with Gasteiger partial charge in [-0.2, -0.15) is 0 Å². The van der Waals surface area contributed by atoms with Crippen LogP contribution in [0.4, 0.5) is 0 Å². The van der Waals surface area contributed by atoms with E-state index in [4.69, 9.17) is 5.11 Å². The first-order valence-corrected chi connectivity index (χ1v) is 5.22. The summed E-state index contributed by atoms with van der Waals surface area (Å²) in [5.41, 5.74) is 2.34. The first-order chi connectivity index (χ1) is 7.20. The molecule has 0 spiro atoms. The monoisotopic (exact) mass is 205 g/mol. The molecule has 1 heterocycles. The van der Waals surface area contributed by atoms with Crippen LogP contribution in [0.2, 0.25) is 0 Å². The number of carboxylic acids is 1. The molecule has 15 heavy (non-hydrogen) atoms. The van der Waals surface area contributed by atoms with Crippen LogP contribution in [-0.2, 0) is 4.79 Å². The number of benzene rings is 1. The second-order valence-corrected chi connectivity index (χ2v) is 4.02. The second-order valence-electron chi connectivity index (χ2n) is 4.02. The predicted octanol–water partition coefficient (Wildman–Crippen LogP) is 1.53. The van der Waals surface area contributed by atoms with E-state index in [-0.39, 0.29) is 5.92 Å². The van der Waals surface area contributed by atoms with Gasteiger partial charge in [0.05, 0.1) is 0 Å². The minimum absolute atomic E-state index is 0.115. The van der Waals surface area contributed by atoms with Crippen LogP contribution in [0.3, 0.4) is 0 Å². The van der Waals surface area contributed by atoms with Crippen LogP contribution in [0.15, 0.2) is 24.3 Å². The van der Waals surface area contributed by atoms with E-state index >= 15 is 0 Å². The summed E-state index contributed by atoms with van der Waals surface area (Å²) in [4.78, 5) is 11.0.